The van der Waals surface area contributed by atoms with Gasteiger partial charge < -0.3 is 9.64 Å². The highest BCUT2D eigenvalue weighted by Gasteiger charge is 2.18. The summed E-state index contributed by atoms with van der Waals surface area (Å²) in [5.74, 6) is 0.741. The predicted molar refractivity (Wildman–Crippen MR) is 53.9 cm³/mol. The summed E-state index contributed by atoms with van der Waals surface area (Å²) in [6.45, 7) is 2.19. The fraction of sp³-hybridized carbons (Fsp3) is 0.455. The molecule has 1 aliphatic heterocycles. The minimum atomic E-state index is 0.329. The highest BCUT2D eigenvalue weighted by atomic mass is 16.5. The van der Waals surface area contributed by atoms with Crippen molar-refractivity contribution in [1.29, 1.82) is 0 Å². The van der Waals surface area contributed by atoms with Crippen molar-refractivity contribution in [3.8, 4) is 5.88 Å². The fourth-order valence-electron chi connectivity index (χ4n) is 1.70. The lowest BCUT2D eigenvalue weighted by molar-refractivity contribution is -0.860. The molecule has 2 heterocycles. The molecular formula is C11H16N2O. The van der Waals surface area contributed by atoms with Crippen molar-refractivity contribution in [3.05, 3.63) is 31.4 Å². The third-order valence-corrected chi connectivity index (χ3v) is 2.56. The molecule has 3 heteroatoms. The molecule has 2 rings (SSSR count). The minimum absolute atomic E-state index is 0.329. The van der Waals surface area contributed by atoms with E-state index in [1.807, 2.05) is 18.2 Å². The highest BCUT2D eigenvalue weighted by Crippen LogP contribution is 2.11. The lowest BCUT2D eigenvalue weighted by atomic mass is 10.1. The summed E-state index contributed by atoms with van der Waals surface area (Å²) in [7, 11) is 3.98. The molecule has 0 atom stereocenters. The van der Waals surface area contributed by atoms with Crippen LogP contribution < -0.4 is 9.64 Å². The van der Waals surface area contributed by atoms with Crippen LogP contribution in [-0.4, -0.2) is 24.2 Å². The molecule has 0 aliphatic carbocycles. The molecule has 1 aromatic rings. The summed E-state index contributed by atoms with van der Waals surface area (Å²) in [4.78, 5) is 5.50. The summed E-state index contributed by atoms with van der Waals surface area (Å²) in [5, 5.41) is 0. The Balaban J connectivity index is 1.87. The largest absolute Gasteiger partial charge is 0.474 e. The third-order valence-electron chi connectivity index (χ3n) is 2.56. The van der Waals surface area contributed by atoms with Crippen LogP contribution in [0.3, 0.4) is 0 Å². The minimum Gasteiger partial charge on any atom is -0.474 e. The van der Waals surface area contributed by atoms with Crippen LogP contribution in [0.25, 0.3) is 0 Å². The van der Waals surface area contributed by atoms with E-state index in [2.05, 4.69) is 12.0 Å². The number of quaternary nitrogens is 1. The quantitative estimate of drug-likeness (QED) is 0.682. The van der Waals surface area contributed by atoms with Crippen molar-refractivity contribution in [2.75, 3.05) is 13.1 Å². The van der Waals surface area contributed by atoms with Gasteiger partial charge in [-0.1, -0.05) is 6.07 Å². The molecule has 1 N–H and O–H groups in total. The zero-order valence-corrected chi connectivity index (χ0v) is 8.28. The van der Waals surface area contributed by atoms with Crippen molar-refractivity contribution in [2.24, 2.45) is 0 Å². The normalized spacial score (nSPS) is 27.2. The van der Waals surface area contributed by atoms with Crippen molar-refractivity contribution in [3.63, 3.8) is 0 Å². The molecule has 14 heavy (non-hydrogen) atoms. The molecule has 1 fully saturated rings. The van der Waals surface area contributed by atoms with Gasteiger partial charge in [-0.05, 0) is 6.07 Å². The molecule has 0 saturated carbocycles. The van der Waals surface area contributed by atoms with Crippen LogP contribution in [0.5, 0.6) is 5.88 Å². The Morgan fingerprint density at radius 2 is 2.14 bits per heavy atom. The topological polar surface area (TPSA) is 26.6 Å². The van der Waals surface area contributed by atoms with E-state index in [1.165, 1.54) is 4.90 Å². The summed E-state index contributed by atoms with van der Waals surface area (Å²) in [5.41, 5.74) is 0. The Morgan fingerprint density at radius 1 is 1.36 bits per heavy atom. The summed E-state index contributed by atoms with van der Waals surface area (Å²) >= 11 is 0. The molecule has 76 valence electrons. The average Bonchev–Trinajstić information content (AvgIpc) is 2.23. The lowest BCUT2D eigenvalue weighted by Crippen LogP contribution is -3.08. The summed E-state index contributed by atoms with van der Waals surface area (Å²) in [6.07, 6.45) is 4.25. The number of rotatable bonds is 2. The van der Waals surface area contributed by atoms with Gasteiger partial charge in [0.05, 0.1) is 13.1 Å². The molecule has 1 saturated heterocycles. The van der Waals surface area contributed by atoms with Crippen LogP contribution in [0, 0.1) is 7.05 Å². The molecule has 3 nitrogen and oxygen atoms in total. The van der Waals surface area contributed by atoms with Gasteiger partial charge in [0.25, 0.3) is 0 Å². The molecule has 0 unspecified atom stereocenters. The molecular weight excluding hydrogens is 176 g/mol. The van der Waals surface area contributed by atoms with Gasteiger partial charge in [-0.3, -0.25) is 0 Å². The van der Waals surface area contributed by atoms with Crippen LogP contribution in [0.1, 0.15) is 12.8 Å². The number of ether oxygens (including phenoxy) is 1. The van der Waals surface area contributed by atoms with Crippen LogP contribution >= 0.6 is 0 Å². The van der Waals surface area contributed by atoms with Gasteiger partial charge in [-0.25, -0.2) is 4.98 Å². The second-order valence-corrected chi connectivity index (χ2v) is 3.74. The first-order valence-electron chi connectivity index (χ1n) is 5.09. The maximum atomic E-state index is 5.75. The van der Waals surface area contributed by atoms with Crippen LogP contribution in [0.4, 0.5) is 0 Å². The van der Waals surface area contributed by atoms with E-state index in [4.69, 9.17) is 4.74 Å². The average molecular weight is 192 g/mol. The monoisotopic (exact) mass is 192 g/mol. The van der Waals surface area contributed by atoms with Gasteiger partial charge in [0.2, 0.25) is 5.88 Å². The van der Waals surface area contributed by atoms with Gasteiger partial charge in [-0.15, -0.1) is 0 Å². The number of nitrogens with one attached hydrogen (secondary N) is 1. The highest BCUT2D eigenvalue weighted by molar-refractivity contribution is 5.09. The molecule has 0 aromatic carbocycles. The van der Waals surface area contributed by atoms with Gasteiger partial charge in [0.15, 0.2) is 0 Å². The van der Waals surface area contributed by atoms with E-state index in [0.717, 1.165) is 31.8 Å². The standard InChI is InChI=1S/C11H16N2O/c1-13-8-5-10(6-9-13)14-11-4-2-3-7-12-11/h2-4,7,10,13H,1,5-6,8-9H2. The van der Waals surface area contributed by atoms with E-state index < -0.39 is 0 Å². The molecule has 0 amide bonds. The Kier molecular flexibility index (Phi) is 2.99. The number of likely N-dealkylation sites (tertiary alicyclic amines) is 1. The summed E-state index contributed by atoms with van der Waals surface area (Å²) in [6, 6.07) is 5.75. The van der Waals surface area contributed by atoms with Crippen molar-refractivity contribution < 1.29 is 9.64 Å². The SMILES string of the molecule is [CH2-][NH+]1CCC(Oc2ccccn2)CC1. The number of piperidine rings is 1. The van der Waals surface area contributed by atoms with Crippen molar-refractivity contribution in [2.45, 2.75) is 18.9 Å². The fourth-order valence-corrected chi connectivity index (χ4v) is 1.70. The maximum Gasteiger partial charge on any atom is 0.213 e. The molecule has 0 radical (unpaired) electrons. The Bertz CT molecular complexity index is 268. The van der Waals surface area contributed by atoms with Gasteiger partial charge in [0, 0.05) is 25.1 Å². The maximum absolute atomic E-state index is 5.75. The number of nitrogens with zero attached hydrogens (tertiary/aromatic N) is 1. The summed E-state index contributed by atoms with van der Waals surface area (Å²) < 4.78 is 5.75. The van der Waals surface area contributed by atoms with E-state index in [9.17, 15) is 0 Å². The number of pyridine rings is 1. The molecule has 0 spiro atoms. The van der Waals surface area contributed by atoms with Crippen molar-refractivity contribution in [1.82, 2.24) is 4.98 Å². The first-order valence-corrected chi connectivity index (χ1v) is 5.09. The van der Waals surface area contributed by atoms with Gasteiger partial charge in [-0.2, -0.15) is 7.05 Å². The number of aromatic nitrogens is 1. The van der Waals surface area contributed by atoms with Crippen LogP contribution in [0.2, 0.25) is 0 Å². The Labute approximate surface area is 84.7 Å². The zero-order chi connectivity index (χ0) is 9.80. The first kappa shape index (κ1) is 9.46. The van der Waals surface area contributed by atoms with E-state index in [0.29, 0.717) is 6.10 Å². The van der Waals surface area contributed by atoms with Crippen LogP contribution in [0.15, 0.2) is 24.4 Å². The second kappa shape index (κ2) is 4.42. The lowest BCUT2D eigenvalue weighted by Gasteiger charge is -2.30. The third kappa shape index (κ3) is 2.45. The van der Waals surface area contributed by atoms with Crippen LogP contribution in [-0.2, 0) is 0 Å². The number of hydrogen-bond donors (Lipinski definition) is 1. The predicted octanol–water partition coefficient (Wildman–Crippen LogP) is 0.299. The molecule has 1 aromatic heterocycles. The van der Waals surface area contributed by atoms with Crippen molar-refractivity contribution >= 4 is 0 Å². The van der Waals surface area contributed by atoms with Gasteiger partial charge >= 0.3 is 0 Å². The first-order chi connectivity index (χ1) is 6.84. The number of hydrogen-bond acceptors (Lipinski definition) is 2. The van der Waals surface area contributed by atoms with E-state index >= 15 is 0 Å². The molecule has 0 bridgehead atoms. The zero-order valence-electron chi connectivity index (χ0n) is 8.28. The Morgan fingerprint density at radius 3 is 2.79 bits per heavy atom. The Hall–Kier alpha value is -1.09. The van der Waals surface area contributed by atoms with E-state index in [-0.39, 0.29) is 0 Å². The second-order valence-electron chi connectivity index (χ2n) is 3.74. The van der Waals surface area contributed by atoms with Gasteiger partial charge in [0.1, 0.15) is 6.10 Å². The smallest absolute Gasteiger partial charge is 0.213 e. The van der Waals surface area contributed by atoms with E-state index in [1.54, 1.807) is 6.20 Å². The molecule has 1 aliphatic rings.